The molecule has 2 N–H and O–H groups in total. The highest BCUT2D eigenvalue weighted by atomic mass is 35.5. The van der Waals surface area contributed by atoms with Crippen LogP contribution in [0.5, 0.6) is 0 Å². The zero-order valence-electron chi connectivity index (χ0n) is 7.28. The Kier molecular flexibility index (Phi) is 6.13. The van der Waals surface area contributed by atoms with Crippen LogP contribution in [0.4, 0.5) is 0 Å². The molecule has 0 aliphatic carbocycles. The predicted molar refractivity (Wildman–Crippen MR) is 50.8 cm³/mol. The molecule has 0 rings (SSSR count). The third-order valence-corrected chi connectivity index (χ3v) is 1.65. The van der Waals surface area contributed by atoms with E-state index in [1.807, 2.05) is 0 Å². The second-order valence-electron chi connectivity index (χ2n) is 2.55. The first-order valence-electron chi connectivity index (χ1n) is 3.96. The van der Waals surface area contributed by atoms with E-state index in [1.165, 1.54) is 0 Å². The van der Waals surface area contributed by atoms with E-state index in [0.717, 1.165) is 18.8 Å². The fourth-order valence-electron chi connectivity index (χ4n) is 0.649. The quantitative estimate of drug-likeness (QED) is 0.602. The Morgan fingerprint density at radius 2 is 2.27 bits per heavy atom. The molecule has 0 amide bonds. The number of alkyl halides is 1. The molecule has 11 heavy (non-hydrogen) atoms. The van der Waals surface area contributed by atoms with Crippen molar-refractivity contribution in [2.24, 2.45) is 0 Å². The van der Waals surface area contributed by atoms with Gasteiger partial charge in [-0.3, -0.25) is 0 Å². The van der Waals surface area contributed by atoms with Crippen LogP contribution in [-0.2, 0) is 0 Å². The van der Waals surface area contributed by atoms with Crippen LogP contribution < -0.4 is 10.6 Å². The number of nitrogens with one attached hydrogen (secondary N) is 2. The number of hydrogen-bond donors (Lipinski definition) is 2. The Bertz CT molecular complexity index is 115. The Hall–Kier alpha value is -0.370. The molecule has 2 nitrogen and oxygen atoms in total. The van der Waals surface area contributed by atoms with Crippen molar-refractivity contribution < 1.29 is 0 Å². The molecule has 3 heteroatoms. The van der Waals surface area contributed by atoms with Crippen LogP contribution in [0.1, 0.15) is 20.3 Å². The normalized spacial score (nSPS) is 12.3. The molecule has 0 saturated heterocycles. The van der Waals surface area contributed by atoms with Gasteiger partial charge in [0.25, 0.3) is 0 Å². The van der Waals surface area contributed by atoms with Gasteiger partial charge in [0.05, 0.1) is 5.82 Å². The molecule has 0 aliphatic heterocycles. The monoisotopic (exact) mass is 176 g/mol. The van der Waals surface area contributed by atoms with Crippen LogP contribution in [0.2, 0.25) is 0 Å². The molecular weight excluding hydrogens is 160 g/mol. The minimum absolute atomic E-state index is 0.477. The van der Waals surface area contributed by atoms with E-state index in [0.29, 0.717) is 11.9 Å². The van der Waals surface area contributed by atoms with Crippen LogP contribution in [0, 0.1) is 0 Å². The first kappa shape index (κ1) is 10.6. The van der Waals surface area contributed by atoms with Crippen molar-refractivity contribution >= 4 is 11.6 Å². The maximum atomic E-state index is 5.48. The Morgan fingerprint density at radius 1 is 1.64 bits per heavy atom. The molecular formula is C8H17ClN2. The molecule has 0 spiro atoms. The highest BCUT2D eigenvalue weighted by Gasteiger charge is 1.97. The van der Waals surface area contributed by atoms with Gasteiger partial charge in [-0.05, 0) is 13.3 Å². The molecule has 66 valence electrons. The zero-order valence-corrected chi connectivity index (χ0v) is 8.04. The molecule has 1 atom stereocenters. The lowest BCUT2D eigenvalue weighted by molar-refractivity contribution is 0.565. The lowest BCUT2D eigenvalue weighted by atomic mass is 10.3. The van der Waals surface area contributed by atoms with Gasteiger partial charge in [-0.15, -0.1) is 11.6 Å². The van der Waals surface area contributed by atoms with Crippen molar-refractivity contribution in [1.82, 2.24) is 10.6 Å². The van der Waals surface area contributed by atoms with Crippen LogP contribution in [0.3, 0.4) is 0 Å². The van der Waals surface area contributed by atoms with Gasteiger partial charge >= 0.3 is 0 Å². The lowest BCUT2D eigenvalue weighted by Crippen LogP contribution is -2.32. The van der Waals surface area contributed by atoms with Crippen LogP contribution in [-0.4, -0.2) is 18.5 Å². The summed E-state index contributed by atoms with van der Waals surface area (Å²) >= 11 is 5.48. The summed E-state index contributed by atoms with van der Waals surface area (Å²) in [5, 5.41) is 6.26. The Labute approximate surface area is 74.0 Å². The highest BCUT2D eigenvalue weighted by molar-refractivity contribution is 6.18. The maximum absolute atomic E-state index is 5.48. The first-order chi connectivity index (χ1) is 5.20. The summed E-state index contributed by atoms with van der Waals surface area (Å²) in [6.07, 6.45) is 1.10. The van der Waals surface area contributed by atoms with E-state index in [2.05, 4.69) is 31.1 Å². The van der Waals surface area contributed by atoms with Crippen molar-refractivity contribution in [2.75, 3.05) is 12.4 Å². The summed E-state index contributed by atoms with van der Waals surface area (Å²) < 4.78 is 0. The number of halogens is 1. The third kappa shape index (κ3) is 6.05. The fourth-order valence-corrected chi connectivity index (χ4v) is 0.743. The molecule has 0 bridgehead atoms. The van der Waals surface area contributed by atoms with E-state index < -0.39 is 0 Å². The van der Waals surface area contributed by atoms with E-state index >= 15 is 0 Å². The largest absolute Gasteiger partial charge is 0.371 e. The van der Waals surface area contributed by atoms with E-state index in [4.69, 9.17) is 11.6 Å². The summed E-state index contributed by atoms with van der Waals surface area (Å²) in [7, 11) is 0. The molecule has 0 aromatic heterocycles. The van der Waals surface area contributed by atoms with Crippen molar-refractivity contribution in [1.29, 1.82) is 0 Å². The minimum atomic E-state index is 0.477. The zero-order chi connectivity index (χ0) is 8.69. The Balaban J connectivity index is 3.36. The van der Waals surface area contributed by atoms with Gasteiger partial charge in [0.1, 0.15) is 0 Å². The topological polar surface area (TPSA) is 24.1 Å². The molecule has 1 unspecified atom stereocenters. The van der Waals surface area contributed by atoms with Crippen molar-refractivity contribution in [2.45, 2.75) is 26.3 Å². The average molecular weight is 177 g/mol. The first-order valence-corrected chi connectivity index (χ1v) is 4.49. The minimum Gasteiger partial charge on any atom is -0.371 e. The average Bonchev–Trinajstić information content (AvgIpc) is 2.00. The molecule has 0 aliphatic rings. The molecule has 0 fully saturated rings. The molecule has 0 radical (unpaired) electrons. The molecule has 0 aromatic carbocycles. The maximum Gasteiger partial charge on any atom is 0.0914 e. The van der Waals surface area contributed by atoms with Gasteiger partial charge in [0.15, 0.2) is 0 Å². The summed E-state index contributed by atoms with van der Waals surface area (Å²) in [6.45, 7) is 8.82. The lowest BCUT2D eigenvalue weighted by Gasteiger charge is -2.15. The van der Waals surface area contributed by atoms with E-state index in [9.17, 15) is 0 Å². The fraction of sp³-hybridized carbons (Fsp3) is 0.750. The summed E-state index contributed by atoms with van der Waals surface area (Å²) in [5.41, 5.74) is 0. The number of hydrogen-bond acceptors (Lipinski definition) is 2. The van der Waals surface area contributed by atoms with Gasteiger partial charge in [-0.2, -0.15) is 0 Å². The van der Waals surface area contributed by atoms with Gasteiger partial charge in [-0.1, -0.05) is 13.5 Å². The summed E-state index contributed by atoms with van der Waals surface area (Å²) in [4.78, 5) is 0. The van der Waals surface area contributed by atoms with Gasteiger partial charge < -0.3 is 10.6 Å². The SMILES string of the molecule is C=C(NCCCl)NC(C)CC. The van der Waals surface area contributed by atoms with E-state index in [1.54, 1.807) is 0 Å². The third-order valence-electron chi connectivity index (χ3n) is 1.47. The smallest absolute Gasteiger partial charge is 0.0914 e. The predicted octanol–water partition coefficient (Wildman–Crippen LogP) is 1.67. The van der Waals surface area contributed by atoms with Crippen LogP contribution in [0.25, 0.3) is 0 Å². The van der Waals surface area contributed by atoms with E-state index in [-0.39, 0.29) is 0 Å². The Morgan fingerprint density at radius 3 is 2.73 bits per heavy atom. The molecule has 0 aromatic rings. The highest BCUT2D eigenvalue weighted by Crippen LogP contribution is 1.90. The van der Waals surface area contributed by atoms with Gasteiger partial charge in [-0.25, -0.2) is 0 Å². The second-order valence-corrected chi connectivity index (χ2v) is 2.93. The van der Waals surface area contributed by atoms with Crippen molar-refractivity contribution in [3.8, 4) is 0 Å². The standard InChI is InChI=1S/C8H17ClN2/c1-4-7(2)11-8(3)10-6-5-9/h7,10-11H,3-6H2,1-2H3. The van der Waals surface area contributed by atoms with Gasteiger partial charge in [0, 0.05) is 18.5 Å². The van der Waals surface area contributed by atoms with Crippen LogP contribution in [0.15, 0.2) is 12.4 Å². The van der Waals surface area contributed by atoms with Crippen molar-refractivity contribution in [3.05, 3.63) is 12.4 Å². The summed E-state index contributed by atoms with van der Waals surface area (Å²) in [6, 6.07) is 0.477. The summed E-state index contributed by atoms with van der Waals surface area (Å²) in [5.74, 6) is 1.47. The van der Waals surface area contributed by atoms with Crippen molar-refractivity contribution in [3.63, 3.8) is 0 Å². The van der Waals surface area contributed by atoms with Crippen LogP contribution >= 0.6 is 11.6 Å². The van der Waals surface area contributed by atoms with Gasteiger partial charge in [0.2, 0.25) is 0 Å². The number of rotatable bonds is 6. The molecule has 0 heterocycles. The molecule has 0 saturated carbocycles. The second kappa shape index (κ2) is 6.35.